The zero-order valence-corrected chi connectivity index (χ0v) is 26.8. The van der Waals surface area contributed by atoms with Crippen molar-refractivity contribution in [3.8, 4) is 0 Å². The van der Waals surface area contributed by atoms with Crippen molar-refractivity contribution in [1.29, 1.82) is 0 Å². The zero-order chi connectivity index (χ0) is 32.1. The molecule has 4 nitrogen and oxygen atoms in total. The number of aryl methyl sites for hydroxylation is 1. The van der Waals surface area contributed by atoms with E-state index in [0.717, 1.165) is 40.3 Å². The SMILES string of the molecule is COC(=O)c1ccc2cc(/C=C/CC3CCCC3)ccc2c1.COC(=O)c1ccc2cc(/C=C/CCc3ccccc3)ccc2c1. The van der Waals surface area contributed by atoms with Gasteiger partial charge in [-0.1, -0.05) is 117 Å². The van der Waals surface area contributed by atoms with Crippen molar-refractivity contribution in [1.82, 2.24) is 0 Å². The minimum absolute atomic E-state index is 0.289. The predicted octanol–water partition coefficient (Wildman–Crippen LogP) is 10.5. The van der Waals surface area contributed by atoms with Gasteiger partial charge < -0.3 is 9.47 Å². The molecule has 5 aromatic carbocycles. The highest BCUT2D eigenvalue weighted by Gasteiger charge is 2.12. The molecule has 0 bridgehead atoms. The highest BCUT2D eigenvalue weighted by Crippen LogP contribution is 2.28. The summed E-state index contributed by atoms with van der Waals surface area (Å²) in [6.07, 6.45) is 17.7. The van der Waals surface area contributed by atoms with Gasteiger partial charge in [-0.05, 0) is 99.8 Å². The number of fused-ring (bicyclic) bond motifs is 2. The first kappa shape index (κ1) is 32.4. The molecule has 0 N–H and O–H groups in total. The maximum Gasteiger partial charge on any atom is 0.337 e. The van der Waals surface area contributed by atoms with E-state index in [2.05, 4.69) is 78.9 Å². The van der Waals surface area contributed by atoms with Gasteiger partial charge >= 0.3 is 11.9 Å². The number of methoxy groups -OCH3 is 2. The van der Waals surface area contributed by atoms with E-state index in [1.54, 1.807) is 6.07 Å². The Kier molecular flexibility index (Phi) is 11.5. The van der Waals surface area contributed by atoms with Crippen molar-refractivity contribution in [3.63, 3.8) is 0 Å². The van der Waals surface area contributed by atoms with Gasteiger partial charge in [0, 0.05) is 0 Å². The van der Waals surface area contributed by atoms with Crippen molar-refractivity contribution < 1.29 is 19.1 Å². The maximum atomic E-state index is 11.6. The Morgan fingerprint density at radius 1 is 0.630 bits per heavy atom. The van der Waals surface area contributed by atoms with Crippen LogP contribution in [0.2, 0.25) is 0 Å². The predicted molar refractivity (Wildman–Crippen MR) is 190 cm³/mol. The first-order chi connectivity index (χ1) is 22.5. The summed E-state index contributed by atoms with van der Waals surface area (Å²) in [4.78, 5) is 23.1. The van der Waals surface area contributed by atoms with Crippen LogP contribution in [-0.4, -0.2) is 26.2 Å². The van der Waals surface area contributed by atoms with Crippen LogP contribution in [-0.2, 0) is 15.9 Å². The van der Waals surface area contributed by atoms with E-state index in [0.29, 0.717) is 11.1 Å². The molecular formula is C42H42O4. The highest BCUT2D eigenvalue weighted by molar-refractivity contribution is 5.96. The summed E-state index contributed by atoms with van der Waals surface area (Å²) in [6.45, 7) is 0. The summed E-state index contributed by atoms with van der Waals surface area (Å²) in [7, 11) is 2.81. The fraction of sp³-hybridized carbons (Fsp3) is 0.238. The van der Waals surface area contributed by atoms with Crippen LogP contribution in [0.1, 0.15) is 75.9 Å². The fourth-order valence-corrected chi connectivity index (χ4v) is 5.98. The zero-order valence-electron chi connectivity index (χ0n) is 26.8. The van der Waals surface area contributed by atoms with Crippen molar-refractivity contribution in [2.24, 2.45) is 5.92 Å². The minimum atomic E-state index is -0.304. The fourth-order valence-electron chi connectivity index (χ4n) is 5.98. The van der Waals surface area contributed by atoms with Gasteiger partial charge in [-0.25, -0.2) is 9.59 Å². The first-order valence-corrected chi connectivity index (χ1v) is 16.1. The van der Waals surface area contributed by atoms with E-state index in [-0.39, 0.29) is 11.9 Å². The number of carbonyl (C=O) groups excluding carboxylic acids is 2. The Balaban J connectivity index is 0.000000182. The molecule has 46 heavy (non-hydrogen) atoms. The molecule has 4 heteroatoms. The van der Waals surface area contributed by atoms with Gasteiger partial charge in [-0.3, -0.25) is 0 Å². The summed E-state index contributed by atoms with van der Waals surface area (Å²) < 4.78 is 9.52. The normalized spacial score (nSPS) is 13.3. The van der Waals surface area contributed by atoms with Crippen LogP contribution in [0.5, 0.6) is 0 Å². The van der Waals surface area contributed by atoms with E-state index >= 15 is 0 Å². The number of rotatable bonds is 9. The molecule has 0 spiro atoms. The molecule has 0 amide bonds. The average Bonchev–Trinajstić information content (AvgIpc) is 3.63. The summed E-state index contributed by atoms with van der Waals surface area (Å²) in [6, 6.07) is 34.4. The summed E-state index contributed by atoms with van der Waals surface area (Å²) in [5, 5.41) is 4.37. The second kappa shape index (κ2) is 16.4. The van der Waals surface area contributed by atoms with Gasteiger partial charge in [0.25, 0.3) is 0 Å². The molecule has 1 saturated carbocycles. The number of hydrogen-bond donors (Lipinski definition) is 0. The molecule has 0 heterocycles. The lowest BCUT2D eigenvalue weighted by atomic mass is 10.0. The number of allylic oxidation sites excluding steroid dienone is 2. The van der Waals surface area contributed by atoms with Crippen molar-refractivity contribution in [2.75, 3.05) is 14.2 Å². The monoisotopic (exact) mass is 610 g/mol. The molecule has 0 radical (unpaired) electrons. The van der Waals surface area contributed by atoms with Crippen LogP contribution in [0.25, 0.3) is 33.7 Å². The largest absolute Gasteiger partial charge is 0.465 e. The molecule has 1 fully saturated rings. The molecule has 0 saturated heterocycles. The van der Waals surface area contributed by atoms with Gasteiger partial charge in [0.05, 0.1) is 25.3 Å². The van der Waals surface area contributed by atoms with Crippen LogP contribution in [0.3, 0.4) is 0 Å². The topological polar surface area (TPSA) is 52.6 Å². The lowest BCUT2D eigenvalue weighted by Gasteiger charge is -2.05. The molecule has 0 aromatic heterocycles. The summed E-state index contributed by atoms with van der Waals surface area (Å²) >= 11 is 0. The lowest BCUT2D eigenvalue weighted by Crippen LogP contribution is -2.00. The van der Waals surface area contributed by atoms with E-state index in [1.807, 2.05) is 42.5 Å². The van der Waals surface area contributed by atoms with Gasteiger partial charge in [0.2, 0.25) is 0 Å². The molecule has 1 aliphatic rings. The quantitative estimate of drug-likeness (QED) is 0.156. The Morgan fingerprint density at radius 3 is 1.67 bits per heavy atom. The van der Waals surface area contributed by atoms with Gasteiger partial charge in [-0.2, -0.15) is 0 Å². The average molecular weight is 611 g/mol. The summed E-state index contributed by atoms with van der Waals surface area (Å²) in [5.41, 5.74) is 4.92. The molecule has 0 aliphatic heterocycles. The van der Waals surface area contributed by atoms with Crippen molar-refractivity contribution in [3.05, 3.63) is 143 Å². The molecule has 234 valence electrons. The minimum Gasteiger partial charge on any atom is -0.465 e. The molecule has 5 aromatic rings. The van der Waals surface area contributed by atoms with E-state index in [9.17, 15) is 9.59 Å². The Hall–Kier alpha value is -4.96. The van der Waals surface area contributed by atoms with Crippen LogP contribution >= 0.6 is 0 Å². The number of ether oxygens (including phenoxy) is 2. The molecule has 0 unspecified atom stereocenters. The summed E-state index contributed by atoms with van der Waals surface area (Å²) in [5.74, 6) is 0.295. The number of hydrogen-bond acceptors (Lipinski definition) is 4. The third kappa shape index (κ3) is 9.04. The molecule has 6 rings (SSSR count). The van der Waals surface area contributed by atoms with Crippen molar-refractivity contribution >= 4 is 45.6 Å². The first-order valence-electron chi connectivity index (χ1n) is 16.1. The van der Waals surface area contributed by atoms with Crippen LogP contribution in [0.4, 0.5) is 0 Å². The third-order valence-corrected chi connectivity index (χ3v) is 8.58. The van der Waals surface area contributed by atoms with Crippen LogP contribution in [0.15, 0.2) is 115 Å². The molecular weight excluding hydrogens is 568 g/mol. The van der Waals surface area contributed by atoms with E-state index < -0.39 is 0 Å². The van der Waals surface area contributed by atoms with Gasteiger partial charge in [-0.15, -0.1) is 0 Å². The Labute approximate surface area is 272 Å². The van der Waals surface area contributed by atoms with Crippen LogP contribution in [0, 0.1) is 5.92 Å². The molecule has 1 aliphatic carbocycles. The molecule has 0 atom stereocenters. The van der Waals surface area contributed by atoms with Crippen LogP contribution < -0.4 is 0 Å². The number of benzene rings is 5. The highest BCUT2D eigenvalue weighted by atomic mass is 16.5. The Bertz CT molecular complexity index is 1830. The van der Waals surface area contributed by atoms with Gasteiger partial charge in [0.15, 0.2) is 0 Å². The van der Waals surface area contributed by atoms with E-state index in [4.69, 9.17) is 9.47 Å². The Morgan fingerprint density at radius 2 is 1.13 bits per heavy atom. The third-order valence-electron chi connectivity index (χ3n) is 8.58. The number of carbonyl (C=O) groups is 2. The van der Waals surface area contributed by atoms with Crippen molar-refractivity contribution in [2.45, 2.75) is 44.9 Å². The number of esters is 2. The second-order valence-corrected chi connectivity index (χ2v) is 11.8. The smallest absolute Gasteiger partial charge is 0.337 e. The van der Waals surface area contributed by atoms with Gasteiger partial charge in [0.1, 0.15) is 0 Å². The standard InChI is InChI=1S/C22H20O2.C20H22O2/c1-24-22(23)21-14-13-19-15-18(11-12-20(19)16-21)10-6-5-9-17-7-3-2-4-8-17;1-22-20(21)19-12-11-17-13-16(9-10-18(17)14-19)8-4-7-15-5-2-3-6-15/h2-4,6-8,10-16H,5,9H2,1H3;4,8-15H,2-3,5-7H2,1H3/b10-6+;8-4+. The maximum absolute atomic E-state index is 11.6. The van der Waals surface area contributed by atoms with E-state index in [1.165, 1.54) is 63.0 Å². The lowest BCUT2D eigenvalue weighted by molar-refractivity contribution is 0.0592. The second-order valence-electron chi connectivity index (χ2n) is 11.8.